The number of anilines is 1. The molecule has 2 aliphatic carbocycles. The molecule has 1 fully saturated rings. The molecule has 202 valence electrons. The number of rotatable bonds is 8. The molecule has 0 amide bonds. The van der Waals surface area contributed by atoms with Gasteiger partial charge in [-0.15, -0.1) is 0 Å². The molecule has 0 radical (unpaired) electrons. The van der Waals surface area contributed by atoms with Crippen LogP contribution in [0.2, 0.25) is 0 Å². The minimum absolute atomic E-state index is 0.146. The van der Waals surface area contributed by atoms with Gasteiger partial charge in [0.25, 0.3) is 0 Å². The summed E-state index contributed by atoms with van der Waals surface area (Å²) in [7, 11) is -4.08. The first-order valence-electron chi connectivity index (χ1n) is 13.2. The minimum Gasteiger partial charge on any atom is -0.463 e. The Labute approximate surface area is 223 Å². The predicted molar refractivity (Wildman–Crippen MR) is 146 cm³/mol. The highest BCUT2D eigenvalue weighted by atomic mass is 31.2. The van der Waals surface area contributed by atoms with E-state index in [4.69, 9.17) is 24.5 Å². The first-order valence-corrected chi connectivity index (χ1v) is 14.7. The van der Waals surface area contributed by atoms with E-state index in [9.17, 15) is 9.46 Å². The van der Waals surface area contributed by atoms with Crippen LogP contribution in [-0.2, 0) is 20.0 Å². The largest absolute Gasteiger partial charge is 0.472 e. The van der Waals surface area contributed by atoms with Crippen molar-refractivity contribution in [1.29, 1.82) is 0 Å². The third-order valence-electron chi connectivity index (χ3n) is 7.46. The molecule has 2 aromatic rings. The monoisotopic (exact) mass is 538 g/mol. The molecular weight excluding hydrogens is 503 g/mol. The second-order valence-electron chi connectivity index (χ2n) is 10.6. The summed E-state index contributed by atoms with van der Waals surface area (Å²) in [4.78, 5) is 23.2. The second kappa shape index (κ2) is 11.1. The molecule has 3 N–H and O–H groups in total. The lowest BCUT2D eigenvalue weighted by atomic mass is 9.75. The Morgan fingerprint density at radius 1 is 1.16 bits per heavy atom. The normalized spacial score (nSPS) is 25.9. The van der Waals surface area contributed by atoms with E-state index >= 15 is 0 Å². The number of phosphoric acid groups is 1. The summed E-state index contributed by atoms with van der Waals surface area (Å²) in [6, 6.07) is 9.74. The van der Waals surface area contributed by atoms with E-state index in [1.54, 1.807) is 0 Å². The van der Waals surface area contributed by atoms with Crippen LogP contribution in [0.4, 0.5) is 11.5 Å². The fraction of sp³-hybridized carbons (Fsp3) is 0.464. The topological polar surface area (TPSA) is 129 Å². The maximum Gasteiger partial charge on any atom is 0.472 e. The van der Waals surface area contributed by atoms with Gasteiger partial charge in [-0.05, 0) is 75.3 Å². The van der Waals surface area contributed by atoms with E-state index in [2.05, 4.69) is 28.2 Å². The van der Waals surface area contributed by atoms with Crippen molar-refractivity contribution in [3.05, 3.63) is 66.0 Å². The van der Waals surface area contributed by atoms with Gasteiger partial charge in [0, 0.05) is 0 Å². The summed E-state index contributed by atoms with van der Waals surface area (Å²) in [6.07, 6.45) is 12.5. The van der Waals surface area contributed by atoms with Crippen molar-refractivity contribution >= 4 is 25.0 Å². The van der Waals surface area contributed by atoms with Crippen molar-refractivity contribution in [3.8, 4) is 5.88 Å². The predicted octanol–water partition coefficient (Wildman–Crippen LogP) is 5.74. The van der Waals surface area contributed by atoms with Crippen LogP contribution in [0.25, 0.3) is 0 Å². The lowest BCUT2D eigenvalue weighted by Crippen LogP contribution is -2.41. The van der Waals surface area contributed by atoms with Crippen LogP contribution in [0.3, 0.4) is 0 Å². The van der Waals surface area contributed by atoms with Crippen molar-refractivity contribution in [2.75, 3.05) is 12.3 Å². The minimum atomic E-state index is -4.08. The maximum atomic E-state index is 12.4. The number of allylic oxidation sites excluding steroid dienone is 3. The van der Waals surface area contributed by atoms with Crippen molar-refractivity contribution < 1.29 is 23.2 Å². The van der Waals surface area contributed by atoms with E-state index in [1.165, 1.54) is 6.33 Å². The molecule has 38 heavy (non-hydrogen) atoms. The summed E-state index contributed by atoms with van der Waals surface area (Å²) < 4.78 is 29.3. The van der Waals surface area contributed by atoms with Gasteiger partial charge in [-0.2, -0.15) is 4.98 Å². The van der Waals surface area contributed by atoms with Gasteiger partial charge in [0.1, 0.15) is 11.9 Å². The number of nitrogens with two attached hydrogens (primary N) is 1. The Hall–Kier alpha value is -2.84. The van der Waals surface area contributed by atoms with Crippen LogP contribution >= 0.6 is 7.82 Å². The highest BCUT2D eigenvalue weighted by molar-refractivity contribution is 7.47. The van der Waals surface area contributed by atoms with Crippen LogP contribution in [-0.4, -0.2) is 38.9 Å². The molecule has 1 aromatic carbocycles. The van der Waals surface area contributed by atoms with E-state index in [-0.39, 0.29) is 12.7 Å². The van der Waals surface area contributed by atoms with Crippen molar-refractivity contribution in [2.24, 2.45) is 16.8 Å². The number of aliphatic imine (C=N–C) groups is 1. The Morgan fingerprint density at radius 3 is 2.63 bits per heavy atom. The Kier molecular flexibility index (Phi) is 7.82. The van der Waals surface area contributed by atoms with Gasteiger partial charge in [-0.1, -0.05) is 48.6 Å². The van der Waals surface area contributed by atoms with Crippen LogP contribution in [0.1, 0.15) is 51.5 Å². The Morgan fingerprint density at radius 2 is 1.92 bits per heavy atom. The SMILES string of the molecule is CC1(C)Oc2ncnc(N)c2N=C1C1=CCC([C@H]2CC[C@H](OP(=O)(O)OCCc3ccccc3)CC2)C=C1. The van der Waals surface area contributed by atoms with Crippen LogP contribution in [0, 0.1) is 11.8 Å². The summed E-state index contributed by atoms with van der Waals surface area (Å²) >= 11 is 0. The number of hydrogen-bond acceptors (Lipinski definition) is 8. The van der Waals surface area contributed by atoms with E-state index < -0.39 is 13.4 Å². The molecular formula is C28H35N4O5P. The zero-order valence-corrected chi connectivity index (χ0v) is 22.7. The van der Waals surface area contributed by atoms with Gasteiger partial charge in [0.05, 0.1) is 18.4 Å². The average Bonchev–Trinajstić information content (AvgIpc) is 2.89. The molecule has 2 unspecified atom stereocenters. The van der Waals surface area contributed by atoms with Crippen molar-refractivity contribution in [1.82, 2.24) is 9.97 Å². The molecule has 1 saturated carbocycles. The van der Waals surface area contributed by atoms with Gasteiger partial charge in [0.15, 0.2) is 11.5 Å². The van der Waals surface area contributed by atoms with Gasteiger partial charge in [-0.3, -0.25) is 9.05 Å². The summed E-state index contributed by atoms with van der Waals surface area (Å²) in [5.74, 6) is 1.59. The second-order valence-corrected chi connectivity index (χ2v) is 12.0. The summed E-state index contributed by atoms with van der Waals surface area (Å²) in [6.45, 7) is 4.09. The zero-order valence-electron chi connectivity index (χ0n) is 21.8. The number of benzene rings is 1. The van der Waals surface area contributed by atoms with E-state index in [1.807, 2.05) is 44.2 Å². The lowest BCUT2D eigenvalue weighted by Gasteiger charge is -2.35. The first-order chi connectivity index (χ1) is 18.2. The molecule has 2 atom stereocenters. The highest BCUT2D eigenvalue weighted by Crippen LogP contribution is 2.48. The molecule has 0 bridgehead atoms. The number of ether oxygens (including phenoxy) is 1. The van der Waals surface area contributed by atoms with E-state index in [0.717, 1.165) is 49.0 Å². The maximum absolute atomic E-state index is 12.4. The molecule has 2 heterocycles. The molecule has 1 aliphatic heterocycles. The lowest BCUT2D eigenvalue weighted by molar-refractivity contribution is 0.0666. The number of nitrogens with zero attached hydrogens (tertiary/aromatic N) is 3. The van der Waals surface area contributed by atoms with Crippen LogP contribution < -0.4 is 10.5 Å². The van der Waals surface area contributed by atoms with Gasteiger partial charge in [0.2, 0.25) is 5.88 Å². The number of nitrogen functional groups attached to an aromatic ring is 1. The number of fused-ring (bicyclic) bond motifs is 1. The molecule has 5 rings (SSSR count). The van der Waals surface area contributed by atoms with Gasteiger partial charge >= 0.3 is 7.82 Å². The molecule has 0 spiro atoms. The number of hydrogen-bond donors (Lipinski definition) is 2. The smallest absolute Gasteiger partial charge is 0.463 e. The summed E-state index contributed by atoms with van der Waals surface area (Å²) in [5.41, 5.74) is 8.73. The quantitative estimate of drug-likeness (QED) is 0.407. The van der Waals surface area contributed by atoms with E-state index in [0.29, 0.717) is 35.6 Å². The molecule has 9 nitrogen and oxygen atoms in total. The molecule has 1 aromatic heterocycles. The Balaban J connectivity index is 1.12. The third kappa shape index (κ3) is 6.24. The number of aromatic nitrogens is 2. The van der Waals surface area contributed by atoms with Crippen molar-refractivity contribution in [3.63, 3.8) is 0 Å². The fourth-order valence-corrected chi connectivity index (χ4v) is 6.40. The van der Waals surface area contributed by atoms with Crippen LogP contribution in [0.5, 0.6) is 5.88 Å². The average molecular weight is 539 g/mol. The molecule has 0 saturated heterocycles. The molecule has 3 aliphatic rings. The third-order valence-corrected chi connectivity index (χ3v) is 8.54. The van der Waals surface area contributed by atoms with Crippen molar-refractivity contribution in [2.45, 2.75) is 64.1 Å². The van der Waals surface area contributed by atoms with Gasteiger partial charge in [-0.25, -0.2) is 14.5 Å². The first kappa shape index (κ1) is 26.8. The highest BCUT2D eigenvalue weighted by Gasteiger charge is 2.37. The van der Waals surface area contributed by atoms with Gasteiger partial charge < -0.3 is 15.4 Å². The number of phosphoric ester groups is 1. The fourth-order valence-electron chi connectivity index (χ4n) is 5.43. The van der Waals surface area contributed by atoms with Crippen LogP contribution in [0.15, 0.2) is 65.5 Å². The summed E-state index contributed by atoms with van der Waals surface area (Å²) in [5, 5.41) is 0. The molecule has 10 heteroatoms. The zero-order chi connectivity index (χ0) is 26.8. The standard InChI is InChI=1S/C28H35N4O5P/c1-28(2)25(32-24-26(29)30-18-31-27(24)36-28)22-10-8-20(9-11-22)21-12-14-23(15-13-21)37-38(33,34)35-17-16-19-6-4-3-5-7-19/h3-8,10-11,18,20-21,23H,9,12-17H2,1-2H3,(H,33,34)(H2,29,30,31)/t20?,21-,23-. The Bertz CT molecular complexity index is 1290.